The number of benzene rings is 2. The molecule has 0 aromatic heterocycles. The van der Waals surface area contributed by atoms with Gasteiger partial charge in [0.15, 0.2) is 5.78 Å². The van der Waals surface area contributed by atoms with Crippen LogP contribution in [-0.2, 0) is 24.1 Å². The van der Waals surface area contributed by atoms with Gasteiger partial charge >= 0.3 is 0 Å². The first-order valence-electron chi connectivity index (χ1n) is 8.69. The maximum Gasteiger partial charge on any atom is 0.167 e. The van der Waals surface area contributed by atoms with Crippen LogP contribution in [0.3, 0.4) is 0 Å². The molecule has 0 radical (unpaired) electrons. The zero-order valence-corrected chi connectivity index (χ0v) is 15.5. The smallest absolute Gasteiger partial charge is 0.167 e. The minimum Gasteiger partial charge on any atom is -0.299 e. The van der Waals surface area contributed by atoms with E-state index in [1.54, 1.807) is 0 Å². The quantitative estimate of drug-likeness (QED) is 0.735. The van der Waals surface area contributed by atoms with Gasteiger partial charge in [0.2, 0.25) is 0 Å². The topological polar surface area (TPSA) is 34.1 Å². The molecular formula is C22H23ClO2. The number of carbonyl (C=O) groups is 2. The fraction of sp³-hybridized carbons (Fsp3) is 0.364. The van der Waals surface area contributed by atoms with Crippen molar-refractivity contribution in [1.82, 2.24) is 0 Å². The Labute approximate surface area is 154 Å². The molecule has 0 N–H and O–H groups in total. The third-order valence-corrected chi connectivity index (χ3v) is 5.74. The van der Waals surface area contributed by atoms with Gasteiger partial charge in [-0.2, -0.15) is 0 Å². The molecule has 130 valence electrons. The van der Waals surface area contributed by atoms with E-state index in [4.69, 9.17) is 11.6 Å². The standard InChI is InChI=1S/C19H18O.C3H5ClO/c1-19(11-14-7-2-3-8-15(14)12-19)17-10-13-6-4-5-9-16(13)18(17)20;1-3(5)2-4/h2-9,17H,10-12H2,1H3;2H2,1H3. The van der Waals surface area contributed by atoms with Crippen molar-refractivity contribution in [2.45, 2.75) is 33.1 Å². The second-order valence-corrected chi connectivity index (χ2v) is 7.66. The molecule has 2 nitrogen and oxygen atoms in total. The molecule has 3 heteroatoms. The predicted octanol–water partition coefficient (Wildman–Crippen LogP) is 4.66. The molecule has 1 unspecified atom stereocenters. The Morgan fingerprint density at radius 1 is 1.04 bits per heavy atom. The maximum atomic E-state index is 12.7. The molecule has 1 atom stereocenters. The summed E-state index contributed by atoms with van der Waals surface area (Å²) < 4.78 is 0. The van der Waals surface area contributed by atoms with Gasteiger partial charge in [-0.25, -0.2) is 0 Å². The Morgan fingerprint density at radius 3 is 2.00 bits per heavy atom. The fourth-order valence-corrected chi connectivity index (χ4v) is 4.08. The van der Waals surface area contributed by atoms with Crippen molar-refractivity contribution in [3.63, 3.8) is 0 Å². The highest BCUT2D eigenvalue weighted by molar-refractivity contribution is 6.27. The van der Waals surface area contributed by atoms with Crippen LogP contribution in [0.1, 0.15) is 40.9 Å². The van der Waals surface area contributed by atoms with E-state index in [-0.39, 0.29) is 23.0 Å². The van der Waals surface area contributed by atoms with Crippen LogP contribution in [0.2, 0.25) is 0 Å². The molecule has 2 aromatic rings. The zero-order chi connectivity index (χ0) is 18.0. The van der Waals surface area contributed by atoms with E-state index in [9.17, 15) is 9.59 Å². The van der Waals surface area contributed by atoms with E-state index in [1.807, 2.05) is 18.2 Å². The van der Waals surface area contributed by atoms with E-state index in [1.165, 1.54) is 23.6 Å². The highest BCUT2D eigenvalue weighted by Crippen LogP contribution is 2.47. The first kappa shape index (κ1) is 17.9. The van der Waals surface area contributed by atoms with Gasteiger partial charge in [-0.3, -0.25) is 9.59 Å². The molecule has 0 spiro atoms. The average Bonchev–Trinajstić information content (AvgIpc) is 3.13. The van der Waals surface area contributed by atoms with Gasteiger partial charge in [0.05, 0.1) is 5.88 Å². The molecule has 25 heavy (non-hydrogen) atoms. The molecule has 0 aliphatic heterocycles. The Balaban J connectivity index is 0.000000324. The van der Waals surface area contributed by atoms with Gasteiger partial charge in [-0.15, -0.1) is 11.6 Å². The summed E-state index contributed by atoms with van der Waals surface area (Å²) in [6, 6.07) is 16.8. The molecule has 2 aromatic carbocycles. The summed E-state index contributed by atoms with van der Waals surface area (Å²) in [4.78, 5) is 22.4. The number of hydrogen-bond acceptors (Lipinski definition) is 2. The molecule has 0 saturated carbocycles. The summed E-state index contributed by atoms with van der Waals surface area (Å²) in [7, 11) is 0. The number of carbonyl (C=O) groups excluding carboxylic acids is 2. The summed E-state index contributed by atoms with van der Waals surface area (Å²) >= 11 is 4.99. The predicted molar refractivity (Wildman–Crippen MR) is 101 cm³/mol. The fourth-order valence-electron chi connectivity index (χ4n) is 4.08. The molecule has 0 fully saturated rings. The van der Waals surface area contributed by atoms with Crippen molar-refractivity contribution in [1.29, 1.82) is 0 Å². The molecule has 2 aliphatic rings. The number of alkyl halides is 1. The second kappa shape index (κ2) is 7.13. The number of halogens is 1. The van der Waals surface area contributed by atoms with Gasteiger partial charge < -0.3 is 0 Å². The lowest BCUT2D eigenvalue weighted by Crippen LogP contribution is -2.32. The molecule has 0 saturated heterocycles. The van der Waals surface area contributed by atoms with Crippen molar-refractivity contribution in [2.24, 2.45) is 11.3 Å². The lowest BCUT2D eigenvalue weighted by atomic mass is 9.72. The summed E-state index contributed by atoms with van der Waals surface area (Å²) in [5, 5.41) is 0. The van der Waals surface area contributed by atoms with E-state index in [2.05, 4.69) is 37.3 Å². The van der Waals surface area contributed by atoms with Crippen LogP contribution >= 0.6 is 11.6 Å². The number of rotatable bonds is 2. The van der Waals surface area contributed by atoms with Crippen LogP contribution in [0.25, 0.3) is 0 Å². The van der Waals surface area contributed by atoms with E-state index in [0.717, 1.165) is 24.8 Å². The first-order chi connectivity index (χ1) is 11.9. The Bertz CT molecular complexity index is 784. The Kier molecular flexibility index (Phi) is 5.10. The lowest BCUT2D eigenvalue weighted by molar-refractivity contribution is -0.114. The van der Waals surface area contributed by atoms with Gasteiger partial charge in [-0.05, 0) is 48.3 Å². The third-order valence-electron chi connectivity index (χ3n) is 5.36. The molecule has 4 rings (SSSR count). The number of Topliss-reactive ketones (excluding diaryl/α,β-unsaturated/α-hetero) is 2. The summed E-state index contributed by atoms with van der Waals surface area (Å²) in [5.74, 6) is 0.662. The molecule has 0 bridgehead atoms. The van der Waals surface area contributed by atoms with E-state index in [0.29, 0.717) is 5.78 Å². The van der Waals surface area contributed by atoms with E-state index >= 15 is 0 Å². The number of fused-ring (bicyclic) bond motifs is 2. The van der Waals surface area contributed by atoms with Gasteiger partial charge in [-0.1, -0.05) is 55.5 Å². The minimum atomic E-state index is 0.0201. The Hall–Kier alpha value is -1.93. The van der Waals surface area contributed by atoms with Crippen molar-refractivity contribution in [3.05, 3.63) is 70.8 Å². The minimum absolute atomic E-state index is 0.0201. The van der Waals surface area contributed by atoms with Crippen LogP contribution in [0.15, 0.2) is 48.5 Å². The maximum absolute atomic E-state index is 12.7. The molecule has 0 heterocycles. The van der Waals surface area contributed by atoms with Crippen LogP contribution in [0.4, 0.5) is 0 Å². The van der Waals surface area contributed by atoms with Crippen LogP contribution in [0.5, 0.6) is 0 Å². The molecular weight excluding hydrogens is 332 g/mol. The summed E-state index contributed by atoms with van der Waals surface area (Å²) in [6.07, 6.45) is 2.99. The van der Waals surface area contributed by atoms with Crippen molar-refractivity contribution in [2.75, 3.05) is 5.88 Å². The average molecular weight is 355 g/mol. The number of ketones is 2. The monoisotopic (exact) mass is 354 g/mol. The Morgan fingerprint density at radius 2 is 1.52 bits per heavy atom. The van der Waals surface area contributed by atoms with Crippen molar-refractivity contribution < 1.29 is 9.59 Å². The zero-order valence-electron chi connectivity index (χ0n) is 14.7. The normalized spacial score (nSPS) is 19.6. The highest BCUT2D eigenvalue weighted by Gasteiger charge is 2.46. The second-order valence-electron chi connectivity index (χ2n) is 7.39. The molecule has 0 amide bonds. The van der Waals surface area contributed by atoms with Crippen molar-refractivity contribution >= 4 is 23.2 Å². The van der Waals surface area contributed by atoms with Crippen molar-refractivity contribution in [3.8, 4) is 0 Å². The van der Waals surface area contributed by atoms with Crippen LogP contribution in [-0.4, -0.2) is 17.4 Å². The van der Waals surface area contributed by atoms with Crippen LogP contribution in [0, 0.1) is 11.3 Å². The SMILES string of the molecule is CC(=O)CCl.CC1(C2Cc3ccccc3C2=O)Cc2ccccc2C1. The third kappa shape index (κ3) is 3.55. The largest absolute Gasteiger partial charge is 0.299 e. The van der Waals surface area contributed by atoms with Crippen LogP contribution < -0.4 is 0 Å². The van der Waals surface area contributed by atoms with Gasteiger partial charge in [0.25, 0.3) is 0 Å². The van der Waals surface area contributed by atoms with E-state index < -0.39 is 0 Å². The molecule has 2 aliphatic carbocycles. The first-order valence-corrected chi connectivity index (χ1v) is 9.22. The van der Waals surface area contributed by atoms with Gasteiger partial charge in [0.1, 0.15) is 5.78 Å². The number of hydrogen-bond donors (Lipinski definition) is 0. The summed E-state index contributed by atoms with van der Waals surface area (Å²) in [5.41, 5.74) is 5.13. The summed E-state index contributed by atoms with van der Waals surface area (Å²) in [6.45, 7) is 3.74. The highest BCUT2D eigenvalue weighted by atomic mass is 35.5. The van der Waals surface area contributed by atoms with Gasteiger partial charge in [0, 0.05) is 11.5 Å². The lowest BCUT2D eigenvalue weighted by Gasteiger charge is -2.29.